The van der Waals surface area contributed by atoms with E-state index in [0.717, 1.165) is 22.4 Å². The second-order valence-electron chi connectivity index (χ2n) is 6.88. The molecule has 30 heavy (non-hydrogen) atoms. The Balaban J connectivity index is 1.94. The topological polar surface area (TPSA) is 80.0 Å². The van der Waals surface area contributed by atoms with E-state index in [2.05, 4.69) is 5.43 Å². The van der Waals surface area contributed by atoms with Crippen LogP contribution < -0.4 is 16.0 Å². The lowest BCUT2D eigenvalue weighted by molar-refractivity contribution is -0.121. The summed E-state index contributed by atoms with van der Waals surface area (Å²) in [6, 6.07) is 23.0. The molecule has 1 atom stereocenters. The number of nitrogens with one attached hydrogen (secondary N) is 1. The van der Waals surface area contributed by atoms with Crippen LogP contribution in [0, 0.1) is 0 Å². The number of hydrogen-bond acceptors (Lipinski definition) is 5. The van der Waals surface area contributed by atoms with Gasteiger partial charge in [-0.3, -0.25) is 10.2 Å². The van der Waals surface area contributed by atoms with E-state index in [-0.39, 0.29) is 18.5 Å². The number of carbonyl (C=O) groups is 1. The van der Waals surface area contributed by atoms with Crippen LogP contribution in [0.5, 0.6) is 5.75 Å². The van der Waals surface area contributed by atoms with Gasteiger partial charge in [-0.05, 0) is 29.8 Å². The number of rotatable bonds is 5. The van der Waals surface area contributed by atoms with Gasteiger partial charge in [0, 0.05) is 16.1 Å². The first-order chi connectivity index (χ1) is 14.6. The molecule has 6 nitrogen and oxygen atoms in total. The van der Waals surface area contributed by atoms with Gasteiger partial charge < -0.3 is 9.64 Å². The van der Waals surface area contributed by atoms with Crippen molar-refractivity contribution in [1.82, 2.24) is 10.3 Å². The van der Waals surface area contributed by atoms with Crippen LogP contribution >= 0.6 is 11.6 Å². The van der Waals surface area contributed by atoms with E-state index < -0.39 is 0 Å². The molecular weight excluding hydrogens is 400 g/mol. The zero-order valence-electron chi connectivity index (χ0n) is 16.4. The lowest BCUT2D eigenvalue weighted by atomic mass is 9.93. The number of nitrogens with zero attached hydrogens (tertiary/aromatic N) is 2. The van der Waals surface area contributed by atoms with Gasteiger partial charge >= 0.3 is 0 Å². The molecule has 4 rings (SSSR count). The van der Waals surface area contributed by atoms with Crippen LogP contribution in [0.1, 0.15) is 22.7 Å². The second-order valence-corrected chi connectivity index (χ2v) is 7.32. The number of nitrogens with two attached hydrogens (primary N) is 1. The molecule has 0 saturated heterocycles. The van der Waals surface area contributed by atoms with Gasteiger partial charge in [0.1, 0.15) is 18.1 Å². The Morgan fingerprint density at radius 3 is 2.67 bits per heavy atom. The van der Waals surface area contributed by atoms with Crippen LogP contribution in [0.15, 0.2) is 77.8 Å². The maximum Gasteiger partial charge on any atom is 0.253 e. The van der Waals surface area contributed by atoms with Crippen molar-refractivity contribution in [2.45, 2.75) is 6.04 Å². The summed E-state index contributed by atoms with van der Waals surface area (Å²) < 4.78 is 5.39. The number of carbonyl (C=O) groups excluding carboxylic acids is 1. The first-order valence-corrected chi connectivity index (χ1v) is 9.82. The van der Waals surface area contributed by atoms with Crippen LogP contribution in [0.25, 0.3) is 0 Å². The van der Waals surface area contributed by atoms with E-state index in [0.29, 0.717) is 16.6 Å². The second kappa shape index (κ2) is 8.57. The molecule has 0 unspecified atom stereocenters. The quantitative estimate of drug-likeness (QED) is 0.373. The highest BCUT2D eigenvalue weighted by Gasteiger charge is 2.33. The molecule has 0 saturated carbocycles. The molecule has 0 fully saturated rings. The number of benzene rings is 3. The number of hydrazine groups is 1. The molecule has 1 aliphatic heterocycles. The van der Waals surface area contributed by atoms with Crippen LogP contribution in [-0.2, 0) is 4.79 Å². The van der Waals surface area contributed by atoms with Gasteiger partial charge in [-0.2, -0.15) is 0 Å². The zero-order valence-corrected chi connectivity index (χ0v) is 17.1. The Kier molecular flexibility index (Phi) is 5.70. The molecule has 0 aromatic heterocycles. The maximum atomic E-state index is 12.3. The van der Waals surface area contributed by atoms with Crippen LogP contribution in [0.2, 0.25) is 5.02 Å². The molecule has 3 aromatic carbocycles. The smallest absolute Gasteiger partial charge is 0.253 e. The van der Waals surface area contributed by atoms with E-state index in [4.69, 9.17) is 27.2 Å². The van der Waals surface area contributed by atoms with Crippen molar-refractivity contribution < 1.29 is 9.53 Å². The number of ether oxygens (including phenoxy) is 1. The van der Waals surface area contributed by atoms with Crippen molar-refractivity contribution >= 4 is 29.0 Å². The highest BCUT2D eigenvalue weighted by Crippen LogP contribution is 2.41. The van der Waals surface area contributed by atoms with Crippen LogP contribution in [-0.4, -0.2) is 30.3 Å². The average molecular weight is 421 g/mol. The largest absolute Gasteiger partial charge is 0.497 e. The van der Waals surface area contributed by atoms with Crippen molar-refractivity contribution in [2.24, 2.45) is 10.8 Å². The summed E-state index contributed by atoms with van der Waals surface area (Å²) in [5, 5.41) is 0.599. The highest BCUT2D eigenvalue weighted by atomic mass is 35.5. The van der Waals surface area contributed by atoms with E-state index in [1.165, 1.54) is 0 Å². The molecule has 1 heterocycles. The third kappa shape index (κ3) is 3.87. The highest BCUT2D eigenvalue weighted by molar-refractivity contribution is 6.31. The van der Waals surface area contributed by atoms with Gasteiger partial charge in [0.25, 0.3) is 5.91 Å². The molecule has 152 valence electrons. The fourth-order valence-corrected chi connectivity index (χ4v) is 3.83. The molecule has 0 radical (unpaired) electrons. The first-order valence-electron chi connectivity index (χ1n) is 9.44. The molecule has 1 amide bonds. The fraction of sp³-hybridized carbons (Fsp3) is 0.130. The lowest BCUT2D eigenvalue weighted by Crippen LogP contribution is -2.46. The van der Waals surface area contributed by atoms with Gasteiger partial charge in [-0.25, -0.2) is 10.8 Å². The number of aliphatic imine (C=N–C) groups is 1. The van der Waals surface area contributed by atoms with Crippen LogP contribution in [0.4, 0.5) is 5.69 Å². The molecule has 0 aliphatic carbocycles. The third-order valence-electron chi connectivity index (χ3n) is 5.02. The normalized spacial score (nSPS) is 15.2. The minimum atomic E-state index is -0.316. The van der Waals surface area contributed by atoms with E-state index in [1.807, 2.05) is 77.7 Å². The molecule has 0 spiro atoms. The van der Waals surface area contributed by atoms with Crippen molar-refractivity contribution in [3.63, 3.8) is 0 Å². The van der Waals surface area contributed by atoms with Gasteiger partial charge in [0.15, 0.2) is 0 Å². The number of amidine groups is 1. The van der Waals surface area contributed by atoms with Crippen molar-refractivity contribution in [3.8, 4) is 5.75 Å². The maximum absolute atomic E-state index is 12.3. The molecule has 1 aliphatic rings. The summed E-state index contributed by atoms with van der Waals surface area (Å²) in [7, 11) is 1.61. The van der Waals surface area contributed by atoms with Gasteiger partial charge in [0.2, 0.25) is 0 Å². The lowest BCUT2D eigenvalue weighted by Gasteiger charge is -2.38. The zero-order chi connectivity index (χ0) is 21.1. The minimum absolute atomic E-state index is 0.0359. The average Bonchev–Trinajstić information content (AvgIpc) is 2.79. The van der Waals surface area contributed by atoms with E-state index in [1.54, 1.807) is 7.11 Å². The Morgan fingerprint density at radius 2 is 1.93 bits per heavy atom. The Hall–Kier alpha value is -3.35. The summed E-state index contributed by atoms with van der Waals surface area (Å²) in [5.74, 6) is 6.44. The molecule has 3 aromatic rings. The fourth-order valence-electron chi connectivity index (χ4n) is 3.67. The van der Waals surface area contributed by atoms with Gasteiger partial charge in [0.05, 0.1) is 18.8 Å². The predicted molar refractivity (Wildman–Crippen MR) is 118 cm³/mol. The first kappa shape index (κ1) is 19.9. The number of fused-ring (bicyclic) bond motifs is 1. The standard InChI is InChI=1S/C23H21ClN4O2/c1-30-18-9-5-8-16(12-18)23-26-20-13-17(24)10-11-19(20)22(15-6-3-2-4-7-15)28(23)14-21(29)27-25/h2-13,22H,14,25H2,1H3,(H,27,29)/t22-/m0/s1. The minimum Gasteiger partial charge on any atom is -0.497 e. The molecule has 0 bridgehead atoms. The third-order valence-corrected chi connectivity index (χ3v) is 5.25. The summed E-state index contributed by atoms with van der Waals surface area (Å²) in [4.78, 5) is 19.2. The molecular formula is C23H21ClN4O2. The Morgan fingerprint density at radius 1 is 1.13 bits per heavy atom. The van der Waals surface area contributed by atoms with E-state index >= 15 is 0 Å². The number of hydrogen-bond donors (Lipinski definition) is 2. The number of methoxy groups -OCH3 is 1. The van der Waals surface area contributed by atoms with Crippen molar-refractivity contribution in [1.29, 1.82) is 0 Å². The van der Waals surface area contributed by atoms with Crippen LogP contribution in [0.3, 0.4) is 0 Å². The summed E-state index contributed by atoms with van der Waals surface area (Å²) in [6.07, 6.45) is 0. The monoisotopic (exact) mass is 420 g/mol. The Labute approximate surface area is 179 Å². The molecule has 3 N–H and O–H groups in total. The summed E-state index contributed by atoms with van der Waals surface area (Å²) in [5.41, 5.74) is 5.81. The SMILES string of the molecule is COc1cccc(C2=Nc3cc(Cl)ccc3[C@H](c3ccccc3)N2CC(=O)NN)c1. The number of amides is 1. The summed E-state index contributed by atoms with van der Waals surface area (Å²) >= 11 is 6.27. The summed E-state index contributed by atoms with van der Waals surface area (Å²) in [6.45, 7) is 0.0359. The van der Waals surface area contributed by atoms with Crippen molar-refractivity contribution in [3.05, 3.63) is 94.5 Å². The Bertz CT molecular complexity index is 1100. The van der Waals surface area contributed by atoms with Gasteiger partial charge in [-0.15, -0.1) is 0 Å². The predicted octanol–water partition coefficient (Wildman–Crippen LogP) is 3.82. The van der Waals surface area contributed by atoms with Gasteiger partial charge in [-0.1, -0.05) is 60.1 Å². The van der Waals surface area contributed by atoms with Crippen molar-refractivity contribution in [2.75, 3.05) is 13.7 Å². The van der Waals surface area contributed by atoms with E-state index in [9.17, 15) is 4.79 Å². The number of halogens is 1. The molecule has 7 heteroatoms.